The first-order valence-electron chi connectivity index (χ1n) is 7.69. The highest BCUT2D eigenvalue weighted by Crippen LogP contribution is 2.44. The molecular formula is C20H13NO2S. The van der Waals surface area contributed by atoms with Crippen LogP contribution in [0.2, 0.25) is 0 Å². The largest absolute Gasteiger partial charge is 0.328 e. The Bertz CT molecular complexity index is 955. The standard InChI is InChI=1S/C20H13NO2S/c1-2-21-16-9-5-6-10-17(16)24-18(21)12-11-15-19(22)13-7-3-4-8-14(13)20(15)23/h3-10H,2H2,1H3. The van der Waals surface area contributed by atoms with Gasteiger partial charge in [-0.1, -0.05) is 53.9 Å². The van der Waals surface area contributed by atoms with Gasteiger partial charge in [0.1, 0.15) is 10.6 Å². The molecule has 2 aromatic rings. The first-order valence-corrected chi connectivity index (χ1v) is 8.51. The van der Waals surface area contributed by atoms with E-state index >= 15 is 0 Å². The van der Waals surface area contributed by atoms with Crippen LogP contribution in [0, 0.1) is 0 Å². The van der Waals surface area contributed by atoms with Crippen molar-refractivity contribution in [3.63, 3.8) is 0 Å². The van der Waals surface area contributed by atoms with Crippen LogP contribution >= 0.6 is 11.8 Å². The van der Waals surface area contributed by atoms with Gasteiger partial charge in [0.05, 0.1) is 5.69 Å². The Morgan fingerprint density at radius 2 is 1.54 bits per heavy atom. The minimum absolute atomic E-state index is 0.0660. The molecule has 1 aliphatic heterocycles. The molecule has 0 amide bonds. The molecule has 3 nitrogen and oxygen atoms in total. The summed E-state index contributed by atoms with van der Waals surface area (Å²) < 4.78 is 0. The summed E-state index contributed by atoms with van der Waals surface area (Å²) >= 11 is 1.57. The van der Waals surface area contributed by atoms with Gasteiger partial charge >= 0.3 is 0 Å². The Morgan fingerprint density at radius 1 is 0.917 bits per heavy atom. The van der Waals surface area contributed by atoms with Gasteiger partial charge in [-0.3, -0.25) is 9.59 Å². The van der Waals surface area contributed by atoms with Crippen LogP contribution in [0.15, 0.2) is 75.5 Å². The number of nitrogens with zero attached hydrogens (tertiary/aromatic N) is 1. The summed E-state index contributed by atoms with van der Waals surface area (Å²) in [5, 5.41) is 0.850. The van der Waals surface area contributed by atoms with Gasteiger partial charge in [-0.25, -0.2) is 0 Å². The Morgan fingerprint density at radius 3 is 2.21 bits per heavy atom. The predicted octanol–water partition coefficient (Wildman–Crippen LogP) is 4.22. The number of Topliss-reactive ketones (excluding diaryl/α,β-unsaturated/α-hetero) is 2. The van der Waals surface area contributed by atoms with Crippen LogP contribution in [0.1, 0.15) is 27.6 Å². The Hall–Kier alpha value is -2.77. The number of ketones is 2. The second-order valence-electron chi connectivity index (χ2n) is 5.45. The number of benzene rings is 2. The summed E-state index contributed by atoms with van der Waals surface area (Å²) in [6, 6.07) is 15.0. The summed E-state index contributed by atoms with van der Waals surface area (Å²) in [6.45, 7) is 2.84. The number of rotatable bonds is 1. The molecule has 116 valence electrons. The van der Waals surface area contributed by atoms with Gasteiger partial charge in [0.25, 0.3) is 0 Å². The molecule has 2 aliphatic rings. The maximum absolute atomic E-state index is 12.4. The lowest BCUT2D eigenvalue weighted by atomic mass is 10.1. The number of para-hydroxylation sites is 1. The molecule has 0 saturated carbocycles. The van der Waals surface area contributed by atoms with Crippen molar-refractivity contribution < 1.29 is 9.59 Å². The summed E-state index contributed by atoms with van der Waals surface area (Å²) in [7, 11) is 0. The zero-order chi connectivity index (χ0) is 16.7. The fourth-order valence-corrected chi connectivity index (χ4v) is 4.00. The van der Waals surface area contributed by atoms with E-state index in [1.165, 1.54) is 0 Å². The van der Waals surface area contributed by atoms with Crippen LogP contribution in [0.25, 0.3) is 0 Å². The molecule has 0 saturated heterocycles. The van der Waals surface area contributed by atoms with E-state index in [9.17, 15) is 9.59 Å². The molecule has 4 heteroatoms. The molecule has 0 aromatic heterocycles. The monoisotopic (exact) mass is 331 g/mol. The van der Waals surface area contributed by atoms with Crippen LogP contribution in [0.3, 0.4) is 0 Å². The van der Waals surface area contributed by atoms with E-state index < -0.39 is 0 Å². The number of anilines is 1. The molecule has 0 N–H and O–H groups in total. The first kappa shape index (κ1) is 14.8. The van der Waals surface area contributed by atoms with Crippen molar-refractivity contribution in [3.8, 4) is 0 Å². The third-order valence-electron chi connectivity index (χ3n) is 4.09. The number of thioether (sulfide) groups is 1. The average Bonchev–Trinajstić information content (AvgIpc) is 3.09. The molecule has 0 radical (unpaired) electrons. The Kier molecular flexibility index (Phi) is 3.51. The van der Waals surface area contributed by atoms with E-state index in [-0.39, 0.29) is 17.1 Å². The van der Waals surface area contributed by atoms with Crippen LogP contribution in [0.4, 0.5) is 5.69 Å². The van der Waals surface area contributed by atoms with E-state index in [0.717, 1.165) is 22.2 Å². The van der Waals surface area contributed by atoms with E-state index in [1.54, 1.807) is 36.0 Å². The smallest absolute Gasteiger partial charge is 0.206 e. The Balaban J connectivity index is 1.83. The average molecular weight is 331 g/mol. The van der Waals surface area contributed by atoms with Crippen LogP contribution in [-0.2, 0) is 0 Å². The molecule has 0 atom stereocenters. The summed E-state index contributed by atoms with van der Waals surface area (Å²) in [4.78, 5) is 28.0. The van der Waals surface area contributed by atoms with Crippen molar-refractivity contribution in [1.29, 1.82) is 0 Å². The summed E-state index contributed by atoms with van der Waals surface area (Å²) in [6.07, 6.45) is 0. The summed E-state index contributed by atoms with van der Waals surface area (Å²) in [5.41, 5.74) is 7.97. The molecule has 1 heterocycles. The molecule has 4 rings (SSSR count). The minimum Gasteiger partial charge on any atom is -0.328 e. The number of carbonyl (C=O) groups is 2. The zero-order valence-corrected chi connectivity index (χ0v) is 13.8. The SMILES string of the molecule is CCN1C(=C=C=C2C(=O)c3ccccc3C2=O)Sc2ccccc21. The van der Waals surface area contributed by atoms with Crippen LogP contribution in [-0.4, -0.2) is 18.1 Å². The molecule has 0 unspecified atom stereocenters. The molecular weight excluding hydrogens is 318 g/mol. The van der Waals surface area contributed by atoms with Crippen molar-refractivity contribution in [2.24, 2.45) is 0 Å². The van der Waals surface area contributed by atoms with Gasteiger partial charge in [0, 0.05) is 22.6 Å². The van der Waals surface area contributed by atoms with Crippen molar-refractivity contribution in [3.05, 3.63) is 81.7 Å². The molecule has 0 spiro atoms. The quantitative estimate of drug-likeness (QED) is 0.445. The fraction of sp³-hybridized carbons (Fsp3) is 0.100. The first-order chi connectivity index (χ1) is 11.7. The third-order valence-corrected chi connectivity index (χ3v) is 5.17. The van der Waals surface area contributed by atoms with E-state index in [0.29, 0.717) is 11.1 Å². The molecule has 0 bridgehead atoms. The minimum atomic E-state index is -0.271. The van der Waals surface area contributed by atoms with Gasteiger partial charge in [0.2, 0.25) is 11.6 Å². The highest BCUT2D eigenvalue weighted by molar-refractivity contribution is 8.03. The van der Waals surface area contributed by atoms with Gasteiger partial charge in [-0.15, -0.1) is 0 Å². The fourth-order valence-electron chi connectivity index (χ4n) is 2.92. The summed E-state index contributed by atoms with van der Waals surface area (Å²) in [5.74, 6) is -0.542. The lowest BCUT2D eigenvalue weighted by Crippen LogP contribution is -2.15. The van der Waals surface area contributed by atoms with Crippen molar-refractivity contribution in [2.45, 2.75) is 11.8 Å². The maximum Gasteiger partial charge on any atom is 0.206 e. The topological polar surface area (TPSA) is 37.4 Å². The van der Waals surface area contributed by atoms with E-state index in [2.05, 4.69) is 29.4 Å². The van der Waals surface area contributed by atoms with E-state index in [4.69, 9.17) is 0 Å². The predicted molar refractivity (Wildman–Crippen MR) is 94.5 cm³/mol. The highest BCUT2D eigenvalue weighted by Gasteiger charge is 2.32. The van der Waals surface area contributed by atoms with Crippen molar-refractivity contribution in [1.82, 2.24) is 0 Å². The van der Waals surface area contributed by atoms with Gasteiger partial charge in [-0.2, -0.15) is 0 Å². The number of hydrogen-bond donors (Lipinski definition) is 0. The zero-order valence-electron chi connectivity index (χ0n) is 13.0. The number of fused-ring (bicyclic) bond motifs is 2. The van der Waals surface area contributed by atoms with Gasteiger partial charge < -0.3 is 4.90 Å². The highest BCUT2D eigenvalue weighted by atomic mass is 32.2. The second kappa shape index (κ2) is 5.70. The molecule has 24 heavy (non-hydrogen) atoms. The lowest BCUT2D eigenvalue weighted by molar-refractivity contribution is 0.0989. The number of allylic oxidation sites excluding steroid dienone is 1. The maximum atomic E-state index is 12.4. The number of hydrogen-bond acceptors (Lipinski definition) is 4. The third kappa shape index (κ3) is 2.17. The van der Waals surface area contributed by atoms with Gasteiger partial charge in [0.15, 0.2) is 0 Å². The van der Waals surface area contributed by atoms with Crippen LogP contribution < -0.4 is 4.90 Å². The molecule has 0 fully saturated rings. The van der Waals surface area contributed by atoms with Crippen molar-refractivity contribution in [2.75, 3.05) is 11.4 Å². The molecule has 1 aliphatic carbocycles. The van der Waals surface area contributed by atoms with Crippen molar-refractivity contribution >= 4 is 29.0 Å². The normalized spacial score (nSPS) is 15.3. The van der Waals surface area contributed by atoms with E-state index in [1.807, 2.05) is 18.2 Å². The number of carbonyl (C=O) groups excluding carboxylic acids is 2. The van der Waals surface area contributed by atoms with Gasteiger partial charge in [-0.05, 0) is 24.8 Å². The Labute approximate surface area is 144 Å². The lowest BCUT2D eigenvalue weighted by Gasteiger charge is -2.15. The van der Waals surface area contributed by atoms with Crippen LogP contribution in [0.5, 0.6) is 0 Å². The second-order valence-corrected chi connectivity index (χ2v) is 6.48. The molecule has 2 aromatic carbocycles.